The Kier molecular flexibility index (Phi) is 12.9. The Hall–Kier alpha value is -1.47. The Morgan fingerprint density at radius 1 is 0.962 bits per heavy atom. The van der Waals surface area contributed by atoms with Crippen molar-refractivity contribution in [1.82, 2.24) is 4.90 Å². The standard InChI is InChI=1S/C19H37N3O4/c1-4-6-8-10-15(20)12-17(23)22(13-18(24)25)19(26)14(3)16(21)11-9-7-5-2/h14-16H,4-13,20-21H2,1-3H3,(H,24,25)/t14-,15+,16+/m1/s1. The maximum atomic E-state index is 12.7. The van der Waals surface area contributed by atoms with E-state index in [4.69, 9.17) is 16.6 Å². The summed E-state index contributed by atoms with van der Waals surface area (Å²) in [6.45, 7) is 5.17. The molecule has 0 aliphatic carbocycles. The summed E-state index contributed by atoms with van der Waals surface area (Å²) in [7, 11) is 0. The molecule has 0 aromatic carbocycles. The molecular weight excluding hydrogens is 334 g/mol. The summed E-state index contributed by atoms with van der Waals surface area (Å²) >= 11 is 0. The highest BCUT2D eigenvalue weighted by Gasteiger charge is 2.31. The third-order valence-electron chi connectivity index (χ3n) is 4.65. The lowest BCUT2D eigenvalue weighted by molar-refractivity contribution is -0.154. The zero-order valence-corrected chi connectivity index (χ0v) is 16.6. The summed E-state index contributed by atoms with van der Waals surface area (Å²) in [5.74, 6) is -2.89. The summed E-state index contributed by atoms with van der Waals surface area (Å²) in [4.78, 5) is 37.1. The van der Waals surface area contributed by atoms with Gasteiger partial charge >= 0.3 is 5.97 Å². The van der Waals surface area contributed by atoms with Gasteiger partial charge in [0, 0.05) is 18.5 Å². The summed E-state index contributed by atoms with van der Waals surface area (Å²) < 4.78 is 0. The number of imide groups is 1. The molecule has 152 valence electrons. The van der Waals surface area contributed by atoms with Crippen LogP contribution in [0.4, 0.5) is 0 Å². The number of hydrogen-bond acceptors (Lipinski definition) is 5. The summed E-state index contributed by atoms with van der Waals surface area (Å²) in [5, 5.41) is 9.07. The second kappa shape index (κ2) is 13.7. The largest absolute Gasteiger partial charge is 0.480 e. The lowest BCUT2D eigenvalue weighted by Crippen LogP contribution is -2.48. The SMILES string of the molecule is CCCCC[C@H](N)CC(=O)N(CC(=O)O)C(=O)[C@H](C)[C@@H](N)CCCCC. The van der Waals surface area contributed by atoms with Gasteiger partial charge in [0.15, 0.2) is 0 Å². The van der Waals surface area contributed by atoms with Gasteiger partial charge in [-0.25, -0.2) is 0 Å². The highest BCUT2D eigenvalue weighted by Crippen LogP contribution is 2.15. The van der Waals surface area contributed by atoms with E-state index in [0.717, 1.165) is 43.4 Å². The topological polar surface area (TPSA) is 127 Å². The number of rotatable bonds is 14. The Bertz CT molecular complexity index is 443. The molecule has 2 amide bonds. The van der Waals surface area contributed by atoms with Crippen LogP contribution in [0.1, 0.15) is 78.6 Å². The first-order valence-electron chi connectivity index (χ1n) is 9.81. The van der Waals surface area contributed by atoms with Gasteiger partial charge in [0.05, 0.1) is 5.92 Å². The van der Waals surface area contributed by atoms with Crippen molar-refractivity contribution in [2.24, 2.45) is 17.4 Å². The molecule has 0 radical (unpaired) electrons. The first-order valence-corrected chi connectivity index (χ1v) is 9.81. The lowest BCUT2D eigenvalue weighted by Gasteiger charge is -2.27. The van der Waals surface area contributed by atoms with Crippen molar-refractivity contribution in [3.63, 3.8) is 0 Å². The van der Waals surface area contributed by atoms with Crippen LogP contribution in [0, 0.1) is 5.92 Å². The molecule has 0 rings (SSSR count). The number of carbonyl (C=O) groups excluding carboxylic acids is 2. The van der Waals surface area contributed by atoms with E-state index in [2.05, 4.69) is 13.8 Å². The summed E-state index contributed by atoms with van der Waals surface area (Å²) in [5.41, 5.74) is 12.0. The molecule has 26 heavy (non-hydrogen) atoms. The first kappa shape index (κ1) is 24.5. The number of carboxylic acids is 1. The molecule has 7 nitrogen and oxygen atoms in total. The Balaban J connectivity index is 4.85. The number of carbonyl (C=O) groups is 3. The Labute approximate surface area is 157 Å². The molecule has 0 unspecified atom stereocenters. The quantitative estimate of drug-likeness (QED) is 0.402. The highest BCUT2D eigenvalue weighted by atomic mass is 16.4. The Morgan fingerprint density at radius 2 is 1.50 bits per heavy atom. The lowest BCUT2D eigenvalue weighted by atomic mass is 9.95. The predicted molar refractivity (Wildman–Crippen MR) is 102 cm³/mol. The highest BCUT2D eigenvalue weighted by molar-refractivity contribution is 5.99. The van der Waals surface area contributed by atoms with E-state index >= 15 is 0 Å². The second-order valence-electron chi connectivity index (χ2n) is 7.12. The molecule has 0 saturated heterocycles. The van der Waals surface area contributed by atoms with Gasteiger partial charge < -0.3 is 16.6 Å². The third kappa shape index (κ3) is 9.87. The number of amides is 2. The fourth-order valence-electron chi connectivity index (χ4n) is 2.83. The van der Waals surface area contributed by atoms with Gasteiger partial charge in [-0.15, -0.1) is 0 Å². The van der Waals surface area contributed by atoms with Crippen LogP contribution in [0.5, 0.6) is 0 Å². The number of aliphatic carboxylic acids is 1. The molecule has 0 aliphatic heterocycles. The summed E-state index contributed by atoms with van der Waals surface area (Å²) in [6, 6.07) is -0.761. The van der Waals surface area contributed by atoms with Crippen LogP contribution in [0.3, 0.4) is 0 Å². The molecule has 0 aliphatic rings. The van der Waals surface area contributed by atoms with Crippen LogP contribution in [0.25, 0.3) is 0 Å². The fraction of sp³-hybridized carbons (Fsp3) is 0.842. The van der Waals surface area contributed by atoms with Gasteiger partial charge in [-0.3, -0.25) is 19.3 Å². The molecule has 3 atom stereocenters. The molecule has 0 bridgehead atoms. The van der Waals surface area contributed by atoms with E-state index in [0.29, 0.717) is 12.8 Å². The monoisotopic (exact) mass is 371 g/mol. The molecule has 0 fully saturated rings. The molecule has 0 spiro atoms. The molecule has 0 aromatic heterocycles. The van der Waals surface area contributed by atoms with Crippen LogP contribution in [-0.2, 0) is 14.4 Å². The maximum absolute atomic E-state index is 12.7. The molecule has 0 aromatic rings. The second-order valence-corrected chi connectivity index (χ2v) is 7.12. The Morgan fingerprint density at radius 3 is 2.00 bits per heavy atom. The van der Waals surface area contributed by atoms with Crippen molar-refractivity contribution in [3.8, 4) is 0 Å². The van der Waals surface area contributed by atoms with Gasteiger partial charge in [0.2, 0.25) is 11.8 Å². The van der Waals surface area contributed by atoms with E-state index in [1.54, 1.807) is 6.92 Å². The van der Waals surface area contributed by atoms with Crippen LogP contribution in [0.15, 0.2) is 0 Å². The average molecular weight is 372 g/mol. The summed E-state index contributed by atoms with van der Waals surface area (Å²) in [6.07, 6.45) is 7.31. The van der Waals surface area contributed by atoms with E-state index in [1.807, 2.05) is 0 Å². The van der Waals surface area contributed by atoms with E-state index < -0.39 is 36.3 Å². The number of hydrogen-bond donors (Lipinski definition) is 3. The van der Waals surface area contributed by atoms with E-state index in [1.165, 1.54) is 0 Å². The first-order chi connectivity index (χ1) is 12.2. The number of nitrogens with zero attached hydrogens (tertiary/aromatic N) is 1. The van der Waals surface area contributed by atoms with E-state index in [9.17, 15) is 14.4 Å². The molecule has 0 saturated carbocycles. The number of nitrogens with two attached hydrogens (primary N) is 2. The van der Waals surface area contributed by atoms with E-state index in [-0.39, 0.29) is 12.5 Å². The average Bonchev–Trinajstić information content (AvgIpc) is 2.58. The smallest absolute Gasteiger partial charge is 0.323 e. The van der Waals surface area contributed by atoms with Crippen LogP contribution >= 0.6 is 0 Å². The third-order valence-corrected chi connectivity index (χ3v) is 4.65. The molecule has 0 heterocycles. The van der Waals surface area contributed by atoms with Gasteiger partial charge in [-0.05, 0) is 12.8 Å². The van der Waals surface area contributed by atoms with Crippen molar-refractivity contribution in [2.75, 3.05) is 6.54 Å². The van der Waals surface area contributed by atoms with Gasteiger partial charge in [-0.2, -0.15) is 0 Å². The van der Waals surface area contributed by atoms with Crippen molar-refractivity contribution in [2.45, 2.75) is 90.6 Å². The minimum atomic E-state index is -1.22. The number of unbranched alkanes of at least 4 members (excludes halogenated alkanes) is 4. The van der Waals surface area contributed by atoms with Gasteiger partial charge in [0.1, 0.15) is 6.54 Å². The van der Waals surface area contributed by atoms with Crippen molar-refractivity contribution in [1.29, 1.82) is 0 Å². The van der Waals surface area contributed by atoms with Crippen LogP contribution in [0.2, 0.25) is 0 Å². The van der Waals surface area contributed by atoms with Crippen LogP contribution < -0.4 is 11.5 Å². The zero-order chi connectivity index (χ0) is 20.1. The molecule has 5 N–H and O–H groups in total. The van der Waals surface area contributed by atoms with Gasteiger partial charge in [0.25, 0.3) is 0 Å². The molecule has 7 heteroatoms. The minimum absolute atomic E-state index is 0.0273. The predicted octanol–water partition coefficient (Wildman–Crippen LogP) is 2.27. The number of carboxylic acid groups (broad SMARTS) is 1. The van der Waals surface area contributed by atoms with Crippen molar-refractivity contribution in [3.05, 3.63) is 0 Å². The maximum Gasteiger partial charge on any atom is 0.323 e. The van der Waals surface area contributed by atoms with Crippen LogP contribution in [-0.4, -0.2) is 46.4 Å². The fourth-order valence-corrected chi connectivity index (χ4v) is 2.83. The molecular formula is C19H37N3O4. The minimum Gasteiger partial charge on any atom is -0.480 e. The van der Waals surface area contributed by atoms with Gasteiger partial charge in [-0.1, -0.05) is 59.3 Å². The normalized spacial score (nSPS) is 14.5. The van der Waals surface area contributed by atoms with Crippen molar-refractivity contribution >= 4 is 17.8 Å². The van der Waals surface area contributed by atoms with Crippen molar-refractivity contribution < 1.29 is 19.5 Å². The zero-order valence-electron chi connectivity index (χ0n) is 16.6.